The molecule has 126 valence electrons. The van der Waals surface area contributed by atoms with Crippen molar-refractivity contribution >= 4 is 22.9 Å². The largest absolute Gasteiger partial charge is 0.380 e. The van der Waals surface area contributed by atoms with Crippen molar-refractivity contribution in [3.05, 3.63) is 41.1 Å². The number of nitrogens with zero attached hydrogens (tertiary/aromatic N) is 3. The third kappa shape index (κ3) is 3.33. The molecule has 2 fully saturated rings. The van der Waals surface area contributed by atoms with Gasteiger partial charge in [0, 0.05) is 30.9 Å². The smallest absolute Gasteiger partial charge is 0.230 e. The minimum absolute atomic E-state index is 0.0359. The number of rotatable bonds is 4. The van der Waals surface area contributed by atoms with E-state index in [9.17, 15) is 4.79 Å². The summed E-state index contributed by atoms with van der Waals surface area (Å²) in [6.07, 6.45) is 5.21. The lowest BCUT2D eigenvalue weighted by atomic mass is 9.82. The molecule has 0 saturated carbocycles. The zero-order valence-corrected chi connectivity index (χ0v) is 14.1. The number of hydrogen-bond acceptors (Lipinski definition) is 6. The molecule has 1 amide bonds. The number of carbonyl (C=O) groups is 1. The molecule has 4 rings (SSSR count). The molecule has 0 unspecified atom stereocenters. The number of hydrogen-bond donors (Lipinski definition) is 1. The van der Waals surface area contributed by atoms with Gasteiger partial charge in [0.15, 0.2) is 0 Å². The second-order valence-electron chi connectivity index (χ2n) is 6.42. The van der Waals surface area contributed by atoms with Gasteiger partial charge in [0.25, 0.3) is 0 Å². The van der Waals surface area contributed by atoms with Gasteiger partial charge < -0.3 is 10.1 Å². The van der Waals surface area contributed by atoms with Crippen LogP contribution in [0.2, 0.25) is 0 Å². The van der Waals surface area contributed by atoms with Crippen molar-refractivity contribution in [3.63, 3.8) is 0 Å². The number of pyridine rings is 1. The van der Waals surface area contributed by atoms with Gasteiger partial charge in [-0.3, -0.25) is 14.7 Å². The fraction of sp³-hybridized carbons (Fsp3) is 0.471. The van der Waals surface area contributed by atoms with Crippen molar-refractivity contribution in [2.45, 2.75) is 6.54 Å². The Morgan fingerprint density at radius 1 is 1.38 bits per heavy atom. The Hall–Kier alpha value is -1.83. The van der Waals surface area contributed by atoms with Crippen LogP contribution in [0.15, 0.2) is 36.1 Å². The fourth-order valence-electron chi connectivity index (χ4n) is 3.68. The van der Waals surface area contributed by atoms with E-state index < -0.39 is 0 Å². The summed E-state index contributed by atoms with van der Waals surface area (Å²) in [5.41, 5.74) is 0.738. The molecule has 3 atom stereocenters. The van der Waals surface area contributed by atoms with Crippen LogP contribution in [0.25, 0.3) is 0 Å². The SMILES string of the molecule is O=C(Nc1cccnc1)[C@@H]1COC[C@H]2CN(Cc3nccs3)C[C@H]21. The third-order valence-corrected chi connectivity index (χ3v) is 5.59. The first-order valence-electron chi connectivity index (χ1n) is 8.19. The maximum absolute atomic E-state index is 12.7. The van der Waals surface area contributed by atoms with Gasteiger partial charge in [-0.25, -0.2) is 4.98 Å². The van der Waals surface area contributed by atoms with Gasteiger partial charge in [-0.2, -0.15) is 0 Å². The van der Waals surface area contributed by atoms with E-state index in [0.717, 1.165) is 36.9 Å². The van der Waals surface area contributed by atoms with Crippen molar-refractivity contribution < 1.29 is 9.53 Å². The van der Waals surface area contributed by atoms with E-state index in [-0.39, 0.29) is 11.8 Å². The molecule has 0 bridgehead atoms. The molecule has 7 heteroatoms. The van der Waals surface area contributed by atoms with Crippen LogP contribution in [0, 0.1) is 17.8 Å². The third-order valence-electron chi connectivity index (χ3n) is 4.82. The summed E-state index contributed by atoms with van der Waals surface area (Å²) in [7, 11) is 0. The van der Waals surface area contributed by atoms with E-state index in [1.807, 2.05) is 23.7 Å². The summed E-state index contributed by atoms with van der Waals surface area (Å²) in [4.78, 5) is 23.5. The van der Waals surface area contributed by atoms with E-state index in [1.165, 1.54) is 0 Å². The van der Waals surface area contributed by atoms with Gasteiger partial charge in [-0.15, -0.1) is 11.3 Å². The molecular formula is C17H20N4O2S. The number of anilines is 1. The molecule has 0 spiro atoms. The zero-order chi connectivity index (χ0) is 16.4. The molecule has 24 heavy (non-hydrogen) atoms. The van der Waals surface area contributed by atoms with Crippen LogP contribution in [0.4, 0.5) is 5.69 Å². The summed E-state index contributed by atoms with van der Waals surface area (Å²) in [5, 5.41) is 6.11. The maximum Gasteiger partial charge on any atom is 0.230 e. The van der Waals surface area contributed by atoms with Crippen LogP contribution in [-0.4, -0.2) is 47.1 Å². The monoisotopic (exact) mass is 344 g/mol. The molecule has 2 aliphatic rings. The molecule has 2 saturated heterocycles. The first kappa shape index (κ1) is 15.7. The van der Waals surface area contributed by atoms with Gasteiger partial charge in [0.05, 0.1) is 37.6 Å². The normalized spacial score (nSPS) is 26.9. The maximum atomic E-state index is 12.7. The number of nitrogens with one attached hydrogen (secondary N) is 1. The van der Waals surface area contributed by atoms with Gasteiger partial charge in [0.1, 0.15) is 5.01 Å². The molecule has 2 aromatic heterocycles. The van der Waals surface area contributed by atoms with Crippen molar-refractivity contribution in [2.75, 3.05) is 31.6 Å². The summed E-state index contributed by atoms with van der Waals surface area (Å²) >= 11 is 1.68. The Balaban J connectivity index is 1.42. The van der Waals surface area contributed by atoms with Crippen molar-refractivity contribution in [1.82, 2.24) is 14.9 Å². The summed E-state index contributed by atoms with van der Waals surface area (Å²) in [6.45, 7) is 4.01. The molecule has 6 nitrogen and oxygen atoms in total. The molecular weight excluding hydrogens is 324 g/mol. The Kier molecular flexibility index (Phi) is 4.55. The van der Waals surface area contributed by atoms with Gasteiger partial charge in [-0.05, 0) is 24.0 Å². The molecule has 0 radical (unpaired) electrons. The van der Waals surface area contributed by atoms with Gasteiger partial charge in [-0.1, -0.05) is 0 Å². The molecule has 0 aliphatic carbocycles. The van der Waals surface area contributed by atoms with E-state index in [2.05, 4.69) is 20.2 Å². The highest BCUT2D eigenvalue weighted by Gasteiger charge is 2.43. The summed E-state index contributed by atoms with van der Waals surface area (Å²) in [6, 6.07) is 3.68. The highest BCUT2D eigenvalue weighted by molar-refractivity contribution is 7.09. The zero-order valence-electron chi connectivity index (χ0n) is 13.3. The van der Waals surface area contributed by atoms with Crippen LogP contribution in [0.3, 0.4) is 0 Å². The predicted molar refractivity (Wildman–Crippen MR) is 91.5 cm³/mol. The Labute approximate surface area is 144 Å². The highest BCUT2D eigenvalue weighted by atomic mass is 32.1. The van der Waals surface area contributed by atoms with E-state index in [4.69, 9.17) is 4.74 Å². The molecule has 1 N–H and O–H groups in total. The number of amides is 1. The van der Waals surface area contributed by atoms with Crippen molar-refractivity contribution in [2.24, 2.45) is 17.8 Å². The quantitative estimate of drug-likeness (QED) is 0.917. The van der Waals surface area contributed by atoms with E-state index in [1.54, 1.807) is 23.7 Å². The molecule has 2 aliphatic heterocycles. The molecule has 2 aromatic rings. The molecule has 4 heterocycles. The fourth-order valence-corrected chi connectivity index (χ4v) is 4.34. The van der Waals surface area contributed by atoms with E-state index in [0.29, 0.717) is 18.4 Å². The first-order valence-corrected chi connectivity index (χ1v) is 9.07. The number of carbonyl (C=O) groups excluding carboxylic acids is 1. The minimum atomic E-state index is -0.106. The van der Waals surface area contributed by atoms with Crippen LogP contribution in [0.5, 0.6) is 0 Å². The topological polar surface area (TPSA) is 67.3 Å². The lowest BCUT2D eigenvalue weighted by Gasteiger charge is -2.32. The molecule has 0 aromatic carbocycles. The van der Waals surface area contributed by atoms with Crippen LogP contribution in [-0.2, 0) is 16.1 Å². The lowest BCUT2D eigenvalue weighted by molar-refractivity contribution is -0.128. The Morgan fingerprint density at radius 3 is 3.12 bits per heavy atom. The van der Waals surface area contributed by atoms with Crippen LogP contribution < -0.4 is 5.32 Å². The van der Waals surface area contributed by atoms with Crippen LogP contribution >= 0.6 is 11.3 Å². The average Bonchev–Trinajstić information content (AvgIpc) is 3.24. The standard InChI is InChI=1S/C17H20N4O2S/c22-17(20-13-2-1-3-18-6-13)15-11-23-10-12-7-21(8-14(12)15)9-16-19-4-5-24-16/h1-6,12,14-15H,7-11H2,(H,20,22)/t12-,14-,15-/m1/s1. The lowest BCUT2D eigenvalue weighted by Crippen LogP contribution is -2.41. The van der Waals surface area contributed by atoms with Gasteiger partial charge in [0.2, 0.25) is 5.91 Å². The Morgan fingerprint density at radius 2 is 2.33 bits per heavy atom. The number of likely N-dealkylation sites (tertiary alicyclic amines) is 1. The number of ether oxygens (including phenoxy) is 1. The first-order chi connectivity index (χ1) is 11.8. The summed E-state index contributed by atoms with van der Waals surface area (Å²) in [5.74, 6) is 0.692. The number of aromatic nitrogens is 2. The minimum Gasteiger partial charge on any atom is -0.380 e. The van der Waals surface area contributed by atoms with Crippen LogP contribution in [0.1, 0.15) is 5.01 Å². The summed E-state index contributed by atoms with van der Waals surface area (Å²) < 4.78 is 5.72. The van der Waals surface area contributed by atoms with E-state index >= 15 is 0 Å². The second kappa shape index (κ2) is 6.96. The Bertz CT molecular complexity index is 679. The van der Waals surface area contributed by atoms with Gasteiger partial charge >= 0.3 is 0 Å². The van der Waals surface area contributed by atoms with Crippen molar-refractivity contribution in [1.29, 1.82) is 0 Å². The second-order valence-corrected chi connectivity index (χ2v) is 7.40. The number of thiazole rings is 1. The number of fused-ring (bicyclic) bond motifs is 1. The average molecular weight is 344 g/mol. The highest BCUT2D eigenvalue weighted by Crippen LogP contribution is 2.35. The van der Waals surface area contributed by atoms with Crippen molar-refractivity contribution in [3.8, 4) is 0 Å². The predicted octanol–water partition coefficient (Wildman–Crippen LogP) is 1.87.